The van der Waals surface area contributed by atoms with E-state index in [9.17, 15) is 0 Å². The molecule has 13 heavy (non-hydrogen) atoms. The van der Waals surface area contributed by atoms with Gasteiger partial charge in [-0.3, -0.25) is 0 Å². The predicted octanol–water partition coefficient (Wildman–Crippen LogP) is 1.49. The molecule has 0 saturated heterocycles. The summed E-state index contributed by atoms with van der Waals surface area (Å²) in [4.78, 5) is 8.31. The Kier molecular flexibility index (Phi) is 2.27. The van der Waals surface area contributed by atoms with Crippen molar-refractivity contribution in [1.82, 2.24) is 14.5 Å². The number of nitrogens with one attached hydrogen (secondary N) is 1. The minimum Gasteiger partial charge on any atom is -0.349 e. The second kappa shape index (κ2) is 3.57. The molecule has 0 aromatic carbocycles. The molecule has 0 saturated carbocycles. The molecular weight excluding hydrogens is 184 g/mol. The summed E-state index contributed by atoms with van der Waals surface area (Å²) < 4.78 is 1.94. The molecule has 2 aromatic heterocycles. The Balaban J connectivity index is 1.97. The number of anilines is 1. The molecule has 68 valence electrons. The van der Waals surface area contributed by atoms with Crippen LogP contribution in [0.15, 0.2) is 24.0 Å². The Hall–Kier alpha value is -1.36. The summed E-state index contributed by atoms with van der Waals surface area (Å²) in [6.45, 7) is 0.739. The summed E-state index contributed by atoms with van der Waals surface area (Å²) in [5.41, 5.74) is 0. The van der Waals surface area contributed by atoms with Crippen LogP contribution in [0.4, 0.5) is 5.95 Å². The third-order valence-corrected chi connectivity index (χ3v) is 2.48. The molecule has 2 heterocycles. The SMILES string of the molecule is Cn1ccnc1NCc1nccs1. The van der Waals surface area contributed by atoms with Gasteiger partial charge in [0, 0.05) is 31.0 Å². The molecule has 0 aliphatic rings. The maximum atomic E-state index is 4.16. The second-order valence-electron chi connectivity index (χ2n) is 2.64. The van der Waals surface area contributed by atoms with E-state index in [1.54, 1.807) is 23.7 Å². The standard InChI is InChI=1S/C8H10N4S/c1-12-4-2-10-8(12)11-6-7-9-3-5-13-7/h2-5H,6H2,1H3,(H,10,11). The van der Waals surface area contributed by atoms with E-state index in [4.69, 9.17) is 0 Å². The van der Waals surface area contributed by atoms with E-state index in [-0.39, 0.29) is 0 Å². The average Bonchev–Trinajstić information content (AvgIpc) is 2.72. The molecule has 0 aliphatic carbocycles. The fraction of sp³-hybridized carbons (Fsp3) is 0.250. The van der Waals surface area contributed by atoms with Gasteiger partial charge in [0.2, 0.25) is 5.95 Å². The minimum absolute atomic E-state index is 0.739. The van der Waals surface area contributed by atoms with E-state index in [0.29, 0.717) is 0 Å². The maximum Gasteiger partial charge on any atom is 0.202 e. The van der Waals surface area contributed by atoms with Gasteiger partial charge >= 0.3 is 0 Å². The van der Waals surface area contributed by atoms with Gasteiger partial charge < -0.3 is 9.88 Å². The number of hydrogen-bond acceptors (Lipinski definition) is 4. The average molecular weight is 194 g/mol. The highest BCUT2D eigenvalue weighted by atomic mass is 32.1. The molecular formula is C8H10N4S. The molecule has 0 bridgehead atoms. The lowest BCUT2D eigenvalue weighted by Gasteiger charge is -2.02. The third kappa shape index (κ3) is 1.86. The van der Waals surface area contributed by atoms with Crippen molar-refractivity contribution in [1.29, 1.82) is 0 Å². The lowest BCUT2D eigenvalue weighted by atomic mass is 10.6. The Labute approximate surface area is 80.3 Å². The van der Waals surface area contributed by atoms with Crippen LogP contribution in [-0.2, 0) is 13.6 Å². The number of hydrogen-bond donors (Lipinski definition) is 1. The van der Waals surface area contributed by atoms with Crippen molar-refractivity contribution in [3.05, 3.63) is 29.0 Å². The quantitative estimate of drug-likeness (QED) is 0.805. The highest BCUT2D eigenvalue weighted by molar-refractivity contribution is 7.09. The lowest BCUT2D eigenvalue weighted by molar-refractivity contribution is 0.898. The maximum absolute atomic E-state index is 4.16. The Morgan fingerprint density at radius 3 is 3.00 bits per heavy atom. The Morgan fingerprint density at radius 2 is 2.38 bits per heavy atom. The lowest BCUT2D eigenvalue weighted by Crippen LogP contribution is -2.04. The normalized spacial score (nSPS) is 10.2. The van der Waals surface area contributed by atoms with Crippen molar-refractivity contribution in [3.63, 3.8) is 0 Å². The fourth-order valence-electron chi connectivity index (χ4n) is 1.03. The predicted molar refractivity (Wildman–Crippen MR) is 52.6 cm³/mol. The molecule has 0 amide bonds. The van der Waals surface area contributed by atoms with Gasteiger partial charge in [-0.2, -0.15) is 0 Å². The van der Waals surface area contributed by atoms with Crippen LogP contribution in [0.2, 0.25) is 0 Å². The summed E-state index contributed by atoms with van der Waals surface area (Å²) in [6.07, 6.45) is 5.48. The van der Waals surface area contributed by atoms with Crippen molar-refractivity contribution in [2.75, 3.05) is 5.32 Å². The van der Waals surface area contributed by atoms with Gasteiger partial charge in [-0.25, -0.2) is 9.97 Å². The van der Waals surface area contributed by atoms with Gasteiger partial charge in [-0.1, -0.05) is 0 Å². The van der Waals surface area contributed by atoms with E-state index in [0.717, 1.165) is 17.5 Å². The van der Waals surface area contributed by atoms with E-state index in [1.165, 1.54) is 0 Å². The molecule has 0 aliphatic heterocycles. The first kappa shape index (κ1) is 8.25. The molecule has 2 rings (SSSR count). The Morgan fingerprint density at radius 1 is 1.46 bits per heavy atom. The Bertz CT molecular complexity index is 365. The second-order valence-corrected chi connectivity index (χ2v) is 3.62. The molecule has 0 fully saturated rings. The third-order valence-electron chi connectivity index (χ3n) is 1.70. The van der Waals surface area contributed by atoms with Gasteiger partial charge in [-0.15, -0.1) is 11.3 Å². The highest BCUT2D eigenvalue weighted by Gasteiger charge is 1.98. The first-order valence-corrected chi connectivity index (χ1v) is 4.84. The van der Waals surface area contributed by atoms with E-state index < -0.39 is 0 Å². The molecule has 0 spiro atoms. The van der Waals surface area contributed by atoms with Gasteiger partial charge in [0.1, 0.15) is 5.01 Å². The topological polar surface area (TPSA) is 42.7 Å². The zero-order chi connectivity index (χ0) is 9.10. The number of rotatable bonds is 3. The van der Waals surface area contributed by atoms with E-state index in [1.807, 2.05) is 23.2 Å². The fourth-order valence-corrected chi connectivity index (χ4v) is 1.59. The van der Waals surface area contributed by atoms with Crippen LogP contribution in [0.1, 0.15) is 5.01 Å². The molecule has 0 atom stereocenters. The minimum atomic E-state index is 0.739. The summed E-state index contributed by atoms with van der Waals surface area (Å²) >= 11 is 1.64. The highest BCUT2D eigenvalue weighted by Crippen LogP contribution is 2.07. The summed E-state index contributed by atoms with van der Waals surface area (Å²) in [5, 5.41) is 6.24. The number of aryl methyl sites for hydroxylation is 1. The van der Waals surface area contributed by atoms with E-state index >= 15 is 0 Å². The molecule has 0 radical (unpaired) electrons. The van der Waals surface area contributed by atoms with Crippen LogP contribution >= 0.6 is 11.3 Å². The number of aromatic nitrogens is 3. The van der Waals surface area contributed by atoms with Crippen molar-refractivity contribution < 1.29 is 0 Å². The van der Waals surface area contributed by atoms with Crippen LogP contribution < -0.4 is 5.32 Å². The van der Waals surface area contributed by atoms with Crippen molar-refractivity contribution in [2.45, 2.75) is 6.54 Å². The van der Waals surface area contributed by atoms with Crippen LogP contribution in [0.3, 0.4) is 0 Å². The first-order valence-electron chi connectivity index (χ1n) is 3.96. The molecule has 2 aromatic rings. The number of thiazole rings is 1. The zero-order valence-corrected chi connectivity index (χ0v) is 8.08. The largest absolute Gasteiger partial charge is 0.349 e. The number of imidazole rings is 1. The van der Waals surface area contributed by atoms with Crippen LogP contribution in [0.25, 0.3) is 0 Å². The summed E-state index contributed by atoms with van der Waals surface area (Å²) in [7, 11) is 1.96. The molecule has 5 heteroatoms. The van der Waals surface area contributed by atoms with Gasteiger partial charge in [0.15, 0.2) is 0 Å². The van der Waals surface area contributed by atoms with Crippen LogP contribution in [-0.4, -0.2) is 14.5 Å². The molecule has 0 unspecified atom stereocenters. The number of nitrogens with zero attached hydrogens (tertiary/aromatic N) is 3. The van der Waals surface area contributed by atoms with Gasteiger partial charge in [-0.05, 0) is 0 Å². The zero-order valence-electron chi connectivity index (χ0n) is 7.27. The van der Waals surface area contributed by atoms with Crippen molar-refractivity contribution >= 4 is 17.3 Å². The van der Waals surface area contributed by atoms with E-state index in [2.05, 4.69) is 15.3 Å². The van der Waals surface area contributed by atoms with Crippen molar-refractivity contribution in [3.8, 4) is 0 Å². The first-order chi connectivity index (χ1) is 6.36. The van der Waals surface area contributed by atoms with Crippen molar-refractivity contribution in [2.24, 2.45) is 7.05 Å². The monoisotopic (exact) mass is 194 g/mol. The smallest absolute Gasteiger partial charge is 0.202 e. The summed E-state index contributed by atoms with van der Waals surface area (Å²) in [5.74, 6) is 0.871. The van der Waals surface area contributed by atoms with Gasteiger partial charge in [0.25, 0.3) is 0 Å². The van der Waals surface area contributed by atoms with Crippen LogP contribution in [0.5, 0.6) is 0 Å². The molecule has 1 N–H and O–H groups in total. The summed E-state index contributed by atoms with van der Waals surface area (Å²) in [6, 6.07) is 0. The van der Waals surface area contributed by atoms with Gasteiger partial charge in [0.05, 0.1) is 6.54 Å². The molecule has 4 nitrogen and oxygen atoms in total. The van der Waals surface area contributed by atoms with Crippen LogP contribution in [0, 0.1) is 0 Å².